The van der Waals surface area contributed by atoms with Gasteiger partial charge in [0.05, 0.1) is 17.8 Å². The first kappa shape index (κ1) is 24.0. The number of anilines is 2. The molecule has 0 aromatic carbocycles. The minimum atomic E-state index is -0.113. The largest absolute Gasteiger partial charge is 0.397 e. The van der Waals surface area contributed by atoms with Gasteiger partial charge in [-0.2, -0.15) is 0 Å². The number of likely N-dealkylation sites (N-methyl/N-ethyl adjacent to an activating group) is 1. The lowest BCUT2D eigenvalue weighted by Crippen LogP contribution is -2.40. The van der Waals surface area contributed by atoms with Gasteiger partial charge in [-0.25, -0.2) is 9.97 Å². The van der Waals surface area contributed by atoms with Crippen LogP contribution in [0, 0.1) is 13.8 Å². The van der Waals surface area contributed by atoms with Crippen LogP contribution in [0.25, 0.3) is 10.2 Å². The zero-order valence-electron chi connectivity index (χ0n) is 20.9. The van der Waals surface area contributed by atoms with Crippen LogP contribution in [0.3, 0.4) is 0 Å². The van der Waals surface area contributed by atoms with Crippen molar-refractivity contribution in [3.63, 3.8) is 0 Å². The Balaban J connectivity index is 1.27. The van der Waals surface area contributed by atoms with Crippen LogP contribution in [0.4, 0.5) is 11.5 Å². The summed E-state index contributed by atoms with van der Waals surface area (Å²) in [5.41, 5.74) is 11.2. The maximum atomic E-state index is 13.1. The molecule has 0 radical (unpaired) electrons. The lowest BCUT2D eigenvalue weighted by Gasteiger charge is -2.26. The van der Waals surface area contributed by atoms with Gasteiger partial charge in [-0.1, -0.05) is 13.0 Å². The van der Waals surface area contributed by atoms with E-state index in [1.54, 1.807) is 7.11 Å². The number of ether oxygens (including phenoxy) is 1. The van der Waals surface area contributed by atoms with Crippen molar-refractivity contribution in [2.75, 3.05) is 37.4 Å². The molecular formula is C26H34N6O2S. The van der Waals surface area contributed by atoms with Crippen molar-refractivity contribution in [3.05, 3.63) is 45.6 Å². The van der Waals surface area contributed by atoms with Crippen molar-refractivity contribution in [1.82, 2.24) is 20.6 Å². The fourth-order valence-electron chi connectivity index (χ4n) is 5.45. The number of hydrogen-bond donors (Lipinski definition) is 3. The van der Waals surface area contributed by atoms with E-state index >= 15 is 0 Å². The van der Waals surface area contributed by atoms with Gasteiger partial charge in [0.15, 0.2) is 0 Å². The summed E-state index contributed by atoms with van der Waals surface area (Å²) in [7, 11) is 1.78. The highest BCUT2D eigenvalue weighted by Crippen LogP contribution is 2.35. The van der Waals surface area contributed by atoms with Crippen LogP contribution in [0.15, 0.2) is 18.2 Å². The van der Waals surface area contributed by atoms with Crippen LogP contribution in [0.1, 0.15) is 45.5 Å². The number of nitrogen functional groups attached to an aromatic ring is 1. The number of fused-ring (bicyclic) bond motifs is 2. The lowest BCUT2D eigenvalue weighted by molar-refractivity contribution is 0.0938. The fourth-order valence-corrected chi connectivity index (χ4v) is 6.57. The number of nitrogens with zero attached hydrogens (tertiary/aromatic N) is 3. The van der Waals surface area contributed by atoms with E-state index in [-0.39, 0.29) is 18.1 Å². The van der Waals surface area contributed by atoms with E-state index in [2.05, 4.69) is 39.6 Å². The van der Waals surface area contributed by atoms with Gasteiger partial charge in [0.25, 0.3) is 5.91 Å². The third-order valence-electron chi connectivity index (χ3n) is 7.17. The van der Waals surface area contributed by atoms with Crippen molar-refractivity contribution < 1.29 is 9.53 Å². The average molecular weight is 495 g/mol. The average Bonchev–Trinajstić information content (AvgIpc) is 3.39. The van der Waals surface area contributed by atoms with Crippen LogP contribution >= 0.6 is 11.3 Å². The summed E-state index contributed by atoms with van der Waals surface area (Å²) >= 11 is 1.37. The number of nitrogens with one attached hydrogen (secondary N) is 2. The number of rotatable bonds is 6. The molecule has 3 unspecified atom stereocenters. The molecule has 1 fully saturated rings. The number of thiophene rings is 1. The van der Waals surface area contributed by atoms with Crippen LogP contribution in [0.5, 0.6) is 0 Å². The van der Waals surface area contributed by atoms with E-state index in [0.717, 1.165) is 71.9 Å². The van der Waals surface area contributed by atoms with Gasteiger partial charge in [0, 0.05) is 43.0 Å². The molecule has 3 aromatic rings. The summed E-state index contributed by atoms with van der Waals surface area (Å²) in [5, 5.41) is 7.63. The molecular weight excluding hydrogens is 460 g/mol. The van der Waals surface area contributed by atoms with Gasteiger partial charge in [0.2, 0.25) is 0 Å². The summed E-state index contributed by atoms with van der Waals surface area (Å²) in [4.78, 5) is 26.4. The van der Waals surface area contributed by atoms with E-state index in [9.17, 15) is 4.79 Å². The number of carbonyl (C=O) groups excluding carboxylic acids is 1. The molecule has 0 bridgehead atoms. The SMILES string of the molecule is CCNC1CN(c2ccc3c(n2)CCC(NC(=O)c2sc4nc(C)cc(C)c4c2N)C3)CC1OC. The highest BCUT2D eigenvalue weighted by atomic mass is 32.1. The van der Waals surface area contributed by atoms with Gasteiger partial charge < -0.3 is 26.0 Å². The van der Waals surface area contributed by atoms with Crippen molar-refractivity contribution in [1.29, 1.82) is 0 Å². The lowest BCUT2D eigenvalue weighted by atomic mass is 9.91. The minimum Gasteiger partial charge on any atom is -0.397 e. The van der Waals surface area contributed by atoms with E-state index in [0.29, 0.717) is 16.6 Å². The summed E-state index contributed by atoms with van der Waals surface area (Å²) in [6, 6.07) is 6.65. The number of carbonyl (C=O) groups is 1. The van der Waals surface area contributed by atoms with Crippen LogP contribution in [-0.4, -0.2) is 60.8 Å². The zero-order chi connectivity index (χ0) is 24.7. The Labute approximate surface area is 210 Å². The van der Waals surface area contributed by atoms with E-state index in [4.69, 9.17) is 15.5 Å². The zero-order valence-corrected chi connectivity index (χ0v) is 21.7. The monoisotopic (exact) mass is 494 g/mol. The standard InChI is InChI=1S/C26H34N6O2S/c1-5-28-19-12-32(13-20(19)34-4)21-9-6-16-11-17(7-8-18(16)31-21)30-25(33)24-23(27)22-14(2)10-15(3)29-26(22)35-24/h6,9-10,17,19-20,28H,5,7-8,11-13,27H2,1-4H3,(H,30,33). The van der Waals surface area contributed by atoms with Crippen LogP contribution < -0.4 is 21.3 Å². The molecule has 35 heavy (non-hydrogen) atoms. The predicted molar refractivity (Wildman–Crippen MR) is 141 cm³/mol. The highest BCUT2D eigenvalue weighted by molar-refractivity contribution is 7.21. The Morgan fingerprint density at radius 3 is 2.89 bits per heavy atom. The number of amides is 1. The molecule has 8 nitrogen and oxygen atoms in total. The second-order valence-corrected chi connectivity index (χ2v) is 10.6. The van der Waals surface area contributed by atoms with E-state index < -0.39 is 0 Å². The first-order chi connectivity index (χ1) is 16.9. The molecule has 4 heterocycles. The molecule has 3 atom stereocenters. The van der Waals surface area contributed by atoms with Gasteiger partial charge >= 0.3 is 0 Å². The molecule has 1 aliphatic carbocycles. The number of hydrogen-bond acceptors (Lipinski definition) is 8. The normalized spacial score (nSPS) is 21.9. The number of methoxy groups -OCH3 is 1. The van der Waals surface area contributed by atoms with Crippen molar-refractivity contribution in [2.45, 2.75) is 58.2 Å². The molecule has 0 saturated carbocycles. The Morgan fingerprint density at radius 2 is 2.11 bits per heavy atom. The Hall–Kier alpha value is -2.75. The quantitative estimate of drug-likeness (QED) is 0.484. The number of aryl methyl sites for hydroxylation is 3. The first-order valence-corrected chi connectivity index (χ1v) is 13.2. The number of pyridine rings is 2. The molecule has 1 saturated heterocycles. The number of aromatic nitrogens is 2. The summed E-state index contributed by atoms with van der Waals surface area (Å²) in [5.74, 6) is 0.891. The first-order valence-electron chi connectivity index (χ1n) is 12.3. The topological polar surface area (TPSA) is 105 Å². The van der Waals surface area contributed by atoms with Gasteiger partial charge in [-0.15, -0.1) is 11.3 Å². The summed E-state index contributed by atoms with van der Waals surface area (Å²) < 4.78 is 5.68. The van der Waals surface area contributed by atoms with Crippen LogP contribution in [0.2, 0.25) is 0 Å². The van der Waals surface area contributed by atoms with Gasteiger partial charge in [-0.05, 0) is 62.9 Å². The second kappa shape index (κ2) is 9.72. The van der Waals surface area contributed by atoms with E-state index in [1.807, 2.05) is 19.9 Å². The van der Waals surface area contributed by atoms with Gasteiger partial charge in [0.1, 0.15) is 15.5 Å². The van der Waals surface area contributed by atoms with Crippen molar-refractivity contribution in [3.8, 4) is 0 Å². The molecule has 4 N–H and O–H groups in total. The predicted octanol–water partition coefficient (Wildman–Crippen LogP) is 2.99. The maximum absolute atomic E-state index is 13.1. The molecule has 1 amide bonds. The van der Waals surface area contributed by atoms with Gasteiger partial charge in [-0.3, -0.25) is 4.79 Å². The molecule has 5 rings (SSSR count). The van der Waals surface area contributed by atoms with Crippen LogP contribution in [-0.2, 0) is 17.6 Å². The molecule has 3 aromatic heterocycles. The fraction of sp³-hybridized carbons (Fsp3) is 0.500. The van der Waals surface area contributed by atoms with Crippen molar-refractivity contribution >= 4 is 39.0 Å². The minimum absolute atomic E-state index is 0.0610. The third kappa shape index (κ3) is 4.60. The van der Waals surface area contributed by atoms with E-state index in [1.165, 1.54) is 16.9 Å². The molecule has 1 aliphatic heterocycles. The smallest absolute Gasteiger partial charge is 0.263 e. The second-order valence-electron chi connectivity index (χ2n) is 9.64. The number of nitrogens with two attached hydrogens (primary N) is 1. The highest BCUT2D eigenvalue weighted by Gasteiger charge is 2.33. The Morgan fingerprint density at radius 1 is 1.29 bits per heavy atom. The summed E-state index contributed by atoms with van der Waals surface area (Å²) in [6.07, 6.45) is 2.64. The molecule has 9 heteroatoms. The Kier molecular flexibility index (Phi) is 6.65. The molecule has 186 valence electrons. The molecule has 0 spiro atoms. The van der Waals surface area contributed by atoms with Crippen molar-refractivity contribution in [2.24, 2.45) is 0 Å². The Bertz CT molecular complexity index is 1260. The third-order valence-corrected chi connectivity index (χ3v) is 8.27. The summed E-state index contributed by atoms with van der Waals surface area (Å²) in [6.45, 7) is 8.74. The maximum Gasteiger partial charge on any atom is 0.263 e. The molecule has 2 aliphatic rings.